The first-order valence-corrected chi connectivity index (χ1v) is 22.2. The molecule has 64 heavy (non-hydrogen) atoms. The normalized spacial score (nSPS) is 10.8. The Kier molecular flexibility index (Phi) is 24.4. The Morgan fingerprint density at radius 3 is 0.609 bits per heavy atom. The number of carboxylic acids is 4. The fourth-order valence-corrected chi connectivity index (χ4v) is 5.41. The summed E-state index contributed by atoms with van der Waals surface area (Å²) in [5.74, 6) is -8.17. The van der Waals surface area contributed by atoms with Crippen molar-refractivity contribution >= 4 is 64.3 Å². The molecule has 4 aromatic rings. The van der Waals surface area contributed by atoms with Crippen molar-refractivity contribution in [3.63, 3.8) is 0 Å². The summed E-state index contributed by atoms with van der Waals surface area (Å²) in [4.78, 5) is 39.6. The summed E-state index contributed by atoms with van der Waals surface area (Å²) in [6, 6.07) is 9.82. The molecule has 4 aromatic carbocycles. The van der Waals surface area contributed by atoms with Crippen molar-refractivity contribution in [3.05, 3.63) is 95.1 Å². The monoisotopic (exact) mass is 992 g/mol. The first kappa shape index (κ1) is 59.6. The maximum Gasteiger partial charge on any atom is 0.339 e. The molecule has 0 bridgehead atoms. The van der Waals surface area contributed by atoms with Crippen LogP contribution in [-0.4, -0.2) is 140 Å². The fraction of sp³-hybridized carbons (Fsp3) is 0.176. The SMILES string of the molecule is CCCO.CCCO.O=C(O)c1cc(S(=O)(=O)O)ccc1O.O=C(O)c1cc(S(=O)(=O)O)ccc1O.O=C(O)c1cc(S(=O)(=O)O)ccc1O.O=C(O)c1cc(S(=O)(=O)O)ccc1O. The number of aliphatic hydroxyl groups excluding tert-OH is 2. The van der Waals surface area contributed by atoms with E-state index < -0.39 is 129 Å². The third kappa shape index (κ3) is 21.5. The van der Waals surface area contributed by atoms with Gasteiger partial charge in [-0.25, -0.2) is 19.2 Å². The first-order chi connectivity index (χ1) is 29.1. The highest BCUT2D eigenvalue weighted by Crippen LogP contribution is 2.24. The van der Waals surface area contributed by atoms with Crippen LogP contribution in [0.15, 0.2) is 92.4 Å². The molecule has 356 valence electrons. The summed E-state index contributed by atoms with van der Waals surface area (Å²) in [5, 5.41) is 85.9. The molecule has 0 aliphatic heterocycles. The standard InChI is InChI=1S/4C7H6O6S.2C3H8O/c4*8-6-2-1-4(14(11,12)13)3-5(6)7(9)10;2*1-2-3-4/h4*1-3,8H,(H,9,10)(H,11,12,13);2*4H,2-3H2,1H3. The number of hydrogen-bond acceptors (Lipinski definition) is 18. The Balaban J connectivity index is 0. The van der Waals surface area contributed by atoms with Crippen molar-refractivity contribution in [1.82, 2.24) is 0 Å². The van der Waals surface area contributed by atoms with E-state index in [0.29, 0.717) is 37.5 Å². The molecule has 14 N–H and O–H groups in total. The molecule has 0 heterocycles. The van der Waals surface area contributed by atoms with E-state index >= 15 is 0 Å². The van der Waals surface area contributed by atoms with Gasteiger partial charge in [-0.05, 0) is 85.6 Å². The summed E-state index contributed by atoms with van der Waals surface area (Å²) in [6.45, 7) is 4.50. The predicted molar refractivity (Wildman–Crippen MR) is 214 cm³/mol. The molecule has 0 radical (unpaired) electrons. The molecule has 0 unspecified atom stereocenters. The summed E-state index contributed by atoms with van der Waals surface area (Å²) in [6.07, 6.45) is 1.75. The van der Waals surface area contributed by atoms with Crippen molar-refractivity contribution < 1.29 is 122 Å². The lowest BCUT2D eigenvalue weighted by atomic mass is 10.2. The van der Waals surface area contributed by atoms with E-state index in [2.05, 4.69) is 0 Å². The number of phenols is 4. The average Bonchev–Trinajstić information content (AvgIpc) is 3.17. The third-order valence-electron chi connectivity index (χ3n) is 6.43. The van der Waals surface area contributed by atoms with Crippen LogP contribution in [0.25, 0.3) is 0 Å². The van der Waals surface area contributed by atoms with E-state index in [4.69, 9.17) is 69.3 Å². The van der Waals surface area contributed by atoms with E-state index in [9.17, 15) is 52.8 Å². The van der Waals surface area contributed by atoms with Gasteiger partial charge in [0.1, 0.15) is 45.3 Å². The zero-order valence-electron chi connectivity index (χ0n) is 32.5. The van der Waals surface area contributed by atoms with Crippen molar-refractivity contribution in [2.75, 3.05) is 13.2 Å². The lowest BCUT2D eigenvalue weighted by molar-refractivity contribution is 0.0682. The van der Waals surface area contributed by atoms with Gasteiger partial charge in [0.05, 0.1) is 19.6 Å². The van der Waals surface area contributed by atoms with Gasteiger partial charge in [-0.1, -0.05) is 13.8 Å². The number of benzene rings is 4. The number of carboxylic acid groups (broad SMARTS) is 4. The van der Waals surface area contributed by atoms with Gasteiger partial charge in [-0.3, -0.25) is 18.2 Å². The number of aromatic carboxylic acids is 4. The molecule has 26 nitrogen and oxygen atoms in total. The van der Waals surface area contributed by atoms with Crippen molar-refractivity contribution in [2.24, 2.45) is 0 Å². The molecule has 0 aliphatic rings. The Hall–Kier alpha value is -6.48. The van der Waals surface area contributed by atoms with E-state index in [0.717, 1.165) is 61.4 Å². The van der Waals surface area contributed by atoms with Crippen LogP contribution in [0.1, 0.15) is 68.1 Å². The van der Waals surface area contributed by atoms with Crippen LogP contribution < -0.4 is 0 Å². The molecule has 0 saturated carbocycles. The molecular weight excluding hydrogens is 953 g/mol. The van der Waals surface area contributed by atoms with Crippen LogP contribution in [-0.2, 0) is 40.5 Å². The lowest BCUT2D eigenvalue weighted by Crippen LogP contribution is -2.02. The van der Waals surface area contributed by atoms with Crippen LogP contribution in [0.4, 0.5) is 0 Å². The zero-order chi connectivity index (χ0) is 50.6. The van der Waals surface area contributed by atoms with E-state index in [1.54, 1.807) is 0 Å². The molecule has 0 saturated heterocycles. The second-order valence-electron chi connectivity index (χ2n) is 11.3. The van der Waals surface area contributed by atoms with Gasteiger partial charge in [0, 0.05) is 13.2 Å². The minimum atomic E-state index is -4.45. The Morgan fingerprint density at radius 2 is 0.516 bits per heavy atom. The number of aromatic hydroxyl groups is 4. The smallest absolute Gasteiger partial charge is 0.339 e. The van der Waals surface area contributed by atoms with Crippen molar-refractivity contribution in [1.29, 1.82) is 0 Å². The van der Waals surface area contributed by atoms with Gasteiger partial charge in [-0.2, -0.15) is 33.7 Å². The topological polar surface area (TPSA) is 488 Å². The van der Waals surface area contributed by atoms with Gasteiger partial charge >= 0.3 is 23.9 Å². The minimum absolute atomic E-state index is 0.319. The number of carbonyl (C=O) groups is 4. The van der Waals surface area contributed by atoms with Crippen LogP contribution in [0.2, 0.25) is 0 Å². The summed E-state index contributed by atoms with van der Waals surface area (Å²) < 4.78 is 119. The zero-order valence-corrected chi connectivity index (χ0v) is 35.8. The fourth-order valence-electron chi connectivity index (χ4n) is 3.39. The van der Waals surface area contributed by atoms with Crippen LogP contribution >= 0.6 is 0 Å². The lowest BCUT2D eigenvalue weighted by Gasteiger charge is -2.01. The van der Waals surface area contributed by atoms with Gasteiger partial charge in [0.2, 0.25) is 0 Å². The second kappa shape index (κ2) is 26.2. The second-order valence-corrected chi connectivity index (χ2v) is 17.0. The molecular formula is C34H40O26S4. The number of rotatable bonds is 10. The van der Waals surface area contributed by atoms with Gasteiger partial charge in [0.15, 0.2) is 0 Å². The Morgan fingerprint density at radius 1 is 0.375 bits per heavy atom. The molecule has 0 fully saturated rings. The van der Waals surface area contributed by atoms with Crippen LogP contribution in [0, 0.1) is 0 Å². The van der Waals surface area contributed by atoms with E-state index in [-0.39, 0.29) is 0 Å². The maximum absolute atomic E-state index is 10.6. The highest BCUT2D eigenvalue weighted by Gasteiger charge is 2.19. The maximum atomic E-state index is 10.6. The molecule has 0 aromatic heterocycles. The predicted octanol–water partition coefficient (Wildman–Crippen LogP) is 2.13. The Labute approximate surface area is 362 Å². The molecule has 30 heteroatoms. The molecule has 0 amide bonds. The van der Waals surface area contributed by atoms with E-state index in [1.807, 2.05) is 13.8 Å². The molecule has 4 rings (SSSR count). The molecule has 0 spiro atoms. The third-order valence-corrected chi connectivity index (χ3v) is 9.83. The Bertz CT molecular complexity index is 2340. The summed E-state index contributed by atoms with van der Waals surface area (Å²) in [7, 11) is -17.8. The molecule has 0 aliphatic carbocycles. The van der Waals surface area contributed by atoms with E-state index in [1.165, 1.54) is 0 Å². The highest BCUT2D eigenvalue weighted by atomic mass is 32.2. The summed E-state index contributed by atoms with van der Waals surface area (Å²) >= 11 is 0. The highest BCUT2D eigenvalue weighted by molar-refractivity contribution is 7.86. The number of aliphatic hydroxyl groups is 2. The van der Waals surface area contributed by atoms with Crippen LogP contribution in [0.5, 0.6) is 23.0 Å². The van der Waals surface area contributed by atoms with Crippen molar-refractivity contribution in [3.8, 4) is 23.0 Å². The molecule has 0 atom stereocenters. The first-order valence-electron chi connectivity index (χ1n) is 16.5. The largest absolute Gasteiger partial charge is 0.507 e. The number of hydrogen-bond donors (Lipinski definition) is 14. The quantitative estimate of drug-likeness (QED) is 0.101. The van der Waals surface area contributed by atoms with Gasteiger partial charge < -0.3 is 51.1 Å². The summed E-state index contributed by atoms with van der Waals surface area (Å²) in [5.41, 5.74) is -2.33. The van der Waals surface area contributed by atoms with Crippen molar-refractivity contribution in [2.45, 2.75) is 46.3 Å². The van der Waals surface area contributed by atoms with Gasteiger partial charge in [-0.15, -0.1) is 0 Å². The minimum Gasteiger partial charge on any atom is -0.507 e. The van der Waals surface area contributed by atoms with Crippen LogP contribution in [0.3, 0.4) is 0 Å². The average molecular weight is 993 g/mol. The van der Waals surface area contributed by atoms with Gasteiger partial charge in [0.25, 0.3) is 40.5 Å².